The minimum Gasteiger partial charge on any atom is -0.312 e. The van der Waals surface area contributed by atoms with Crippen LogP contribution >= 0.6 is 23.4 Å². The molecule has 0 saturated carbocycles. The normalized spacial score (nSPS) is 12.4. The molecule has 2 aromatic carbocycles. The monoisotopic (exact) mass is 309 g/mol. The van der Waals surface area contributed by atoms with Gasteiger partial charge in [-0.2, -0.15) is 0 Å². The highest BCUT2D eigenvalue weighted by molar-refractivity contribution is 7.99. The van der Waals surface area contributed by atoms with Crippen LogP contribution in [0.1, 0.15) is 17.2 Å². The standard InChI is InChI=1S/C16H17ClFNS/c1-11-7-12(9-13(18)8-11)15(19-2)10-20-16-6-4-3-5-14(16)17/h3-9,15,19H,10H2,1-2H3. The maximum atomic E-state index is 13.5. The van der Waals surface area contributed by atoms with E-state index in [0.717, 1.165) is 26.8 Å². The van der Waals surface area contributed by atoms with Crippen LogP contribution in [0.25, 0.3) is 0 Å². The van der Waals surface area contributed by atoms with Gasteiger partial charge in [0, 0.05) is 16.7 Å². The summed E-state index contributed by atoms with van der Waals surface area (Å²) in [6, 6.07) is 13.0. The highest BCUT2D eigenvalue weighted by atomic mass is 35.5. The van der Waals surface area contributed by atoms with Crippen molar-refractivity contribution in [2.45, 2.75) is 17.9 Å². The second-order valence-corrected chi connectivity index (χ2v) is 6.11. The summed E-state index contributed by atoms with van der Waals surface area (Å²) in [6.07, 6.45) is 0. The lowest BCUT2D eigenvalue weighted by Gasteiger charge is -2.17. The Morgan fingerprint density at radius 2 is 2.00 bits per heavy atom. The average molecular weight is 310 g/mol. The quantitative estimate of drug-likeness (QED) is 0.793. The van der Waals surface area contributed by atoms with Gasteiger partial charge in [0.05, 0.1) is 5.02 Å². The van der Waals surface area contributed by atoms with Gasteiger partial charge in [-0.3, -0.25) is 0 Å². The van der Waals surface area contributed by atoms with Crippen LogP contribution in [0.3, 0.4) is 0 Å². The average Bonchev–Trinajstić information content (AvgIpc) is 2.40. The summed E-state index contributed by atoms with van der Waals surface area (Å²) in [4.78, 5) is 1.04. The SMILES string of the molecule is CNC(CSc1ccccc1Cl)c1cc(C)cc(F)c1. The summed E-state index contributed by atoms with van der Waals surface area (Å²) < 4.78 is 13.5. The minimum absolute atomic E-state index is 0.0886. The molecule has 1 atom stereocenters. The van der Waals surface area contributed by atoms with E-state index >= 15 is 0 Å². The Kier molecular flexibility index (Phi) is 5.46. The molecule has 0 aliphatic carbocycles. The molecule has 0 aliphatic rings. The Morgan fingerprint density at radius 1 is 1.25 bits per heavy atom. The largest absolute Gasteiger partial charge is 0.312 e. The van der Waals surface area contributed by atoms with Gasteiger partial charge in [-0.1, -0.05) is 29.8 Å². The molecule has 0 saturated heterocycles. The molecule has 0 radical (unpaired) electrons. The fraction of sp³-hybridized carbons (Fsp3) is 0.250. The van der Waals surface area contributed by atoms with E-state index in [1.54, 1.807) is 17.8 Å². The maximum absolute atomic E-state index is 13.5. The molecule has 1 nitrogen and oxygen atoms in total. The third-order valence-corrected chi connectivity index (χ3v) is 4.67. The van der Waals surface area contributed by atoms with Crippen molar-refractivity contribution in [1.82, 2.24) is 5.32 Å². The topological polar surface area (TPSA) is 12.0 Å². The Balaban J connectivity index is 2.11. The number of benzene rings is 2. The molecule has 0 heterocycles. The third-order valence-electron chi connectivity index (χ3n) is 3.06. The summed E-state index contributed by atoms with van der Waals surface area (Å²) in [5.74, 6) is 0.603. The van der Waals surface area contributed by atoms with E-state index in [1.807, 2.05) is 44.3 Å². The van der Waals surface area contributed by atoms with E-state index in [9.17, 15) is 4.39 Å². The molecule has 0 fully saturated rings. The molecule has 0 bridgehead atoms. The van der Waals surface area contributed by atoms with Crippen molar-refractivity contribution in [1.29, 1.82) is 0 Å². The zero-order chi connectivity index (χ0) is 14.5. The Bertz CT molecular complexity index is 568. The number of aryl methyl sites for hydroxylation is 1. The third kappa shape index (κ3) is 3.98. The highest BCUT2D eigenvalue weighted by Gasteiger charge is 2.12. The van der Waals surface area contributed by atoms with E-state index < -0.39 is 0 Å². The molecular formula is C16H17ClFNS. The van der Waals surface area contributed by atoms with Gasteiger partial charge >= 0.3 is 0 Å². The molecule has 1 unspecified atom stereocenters. The van der Waals surface area contributed by atoms with Crippen LogP contribution in [0.5, 0.6) is 0 Å². The second-order valence-electron chi connectivity index (χ2n) is 4.64. The predicted octanol–water partition coefficient (Wildman–Crippen LogP) is 4.84. The van der Waals surface area contributed by atoms with Gasteiger partial charge in [0.25, 0.3) is 0 Å². The fourth-order valence-electron chi connectivity index (χ4n) is 2.05. The number of halogens is 2. The summed E-state index contributed by atoms with van der Waals surface area (Å²) >= 11 is 7.82. The molecule has 0 aromatic heterocycles. The van der Waals surface area contributed by atoms with E-state index in [1.165, 1.54) is 6.07 Å². The van der Waals surface area contributed by atoms with Crippen LogP contribution in [0, 0.1) is 12.7 Å². The van der Waals surface area contributed by atoms with Crippen LogP contribution in [-0.2, 0) is 0 Å². The lowest BCUT2D eigenvalue weighted by Crippen LogP contribution is -2.19. The molecule has 0 aliphatic heterocycles. The van der Waals surface area contributed by atoms with Crippen LogP contribution in [0.4, 0.5) is 4.39 Å². The van der Waals surface area contributed by atoms with Crippen molar-refractivity contribution in [2.75, 3.05) is 12.8 Å². The number of hydrogen-bond acceptors (Lipinski definition) is 2. The van der Waals surface area contributed by atoms with Crippen LogP contribution in [-0.4, -0.2) is 12.8 Å². The smallest absolute Gasteiger partial charge is 0.123 e. The minimum atomic E-state index is -0.192. The summed E-state index contributed by atoms with van der Waals surface area (Å²) in [5, 5.41) is 3.98. The van der Waals surface area contributed by atoms with E-state index in [2.05, 4.69) is 5.32 Å². The van der Waals surface area contributed by atoms with Gasteiger partial charge in [0.15, 0.2) is 0 Å². The zero-order valence-corrected chi connectivity index (χ0v) is 13.1. The van der Waals surface area contributed by atoms with Gasteiger partial charge in [-0.25, -0.2) is 4.39 Å². The van der Waals surface area contributed by atoms with Gasteiger partial charge in [-0.05, 0) is 49.4 Å². The van der Waals surface area contributed by atoms with E-state index in [-0.39, 0.29) is 11.9 Å². The van der Waals surface area contributed by atoms with E-state index in [0.29, 0.717) is 0 Å². The lowest BCUT2D eigenvalue weighted by molar-refractivity contribution is 0.609. The van der Waals surface area contributed by atoms with Crippen LogP contribution in [0.2, 0.25) is 5.02 Å². The predicted molar refractivity (Wildman–Crippen MR) is 85.1 cm³/mol. The lowest BCUT2D eigenvalue weighted by atomic mass is 10.1. The second kappa shape index (κ2) is 7.11. The Hall–Kier alpha value is -1.03. The highest BCUT2D eigenvalue weighted by Crippen LogP contribution is 2.30. The van der Waals surface area contributed by atoms with Gasteiger partial charge in [0.1, 0.15) is 5.82 Å². The zero-order valence-electron chi connectivity index (χ0n) is 11.5. The van der Waals surface area contributed by atoms with Gasteiger partial charge in [-0.15, -0.1) is 11.8 Å². The molecule has 1 N–H and O–H groups in total. The molecule has 20 heavy (non-hydrogen) atoms. The molecular weight excluding hydrogens is 293 g/mol. The van der Waals surface area contributed by atoms with Crippen LogP contribution < -0.4 is 5.32 Å². The van der Waals surface area contributed by atoms with Crippen LogP contribution in [0.15, 0.2) is 47.4 Å². The molecule has 106 valence electrons. The first-order chi connectivity index (χ1) is 9.60. The van der Waals surface area contributed by atoms with Gasteiger partial charge in [0.2, 0.25) is 0 Å². The van der Waals surface area contributed by atoms with Crippen molar-refractivity contribution in [3.8, 4) is 0 Å². The summed E-state index contributed by atoms with van der Waals surface area (Å²) in [7, 11) is 1.89. The number of hydrogen-bond donors (Lipinski definition) is 1. The maximum Gasteiger partial charge on any atom is 0.123 e. The van der Waals surface area contributed by atoms with Crippen molar-refractivity contribution in [3.05, 3.63) is 64.4 Å². The van der Waals surface area contributed by atoms with Crippen molar-refractivity contribution >= 4 is 23.4 Å². The van der Waals surface area contributed by atoms with Crippen molar-refractivity contribution in [3.63, 3.8) is 0 Å². The number of thioether (sulfide) groups is 1. The number of nitrogens with one attached hydrogen (secondary N) is 1. The Labute approximate surface area is 128 Å². The summed E-state index contributed by atoms with van der Waals surface area (Å²) in [6.45, 7) is 1.90. The van der Waals surface area contributed by atoms with Crippen molar-refractivity contribution in [2.24, 2.45) is 0 Å². The molecule has 0 spiro atoms. The number of rotatable bonds is 5. The Morgan fingerprint density at radius 3 is 2.65 bits per heavy atom. The first kappa shape index (κ1) is 15.4. The first-order valence-corrected chi connectivity index (χ1v) is 7.78. The van der Waals surface area contributed by atoms with Gasteiger partial charge < -0.3 is 5.32 Å². The summed E-state index contributed by atoms with van der Waals surface area (Å²) in [5.41, 5.74) is 1.90. The van der Waals surface area contributed by atoms with Crippen molar-refractivity contribution < 1.29 is 4.39 Å². The molecule has 4 heteroatoms. The fourth-order valence-corrected chi connectivity index (χ4v) is 3.43. The molecule has 2 rings (SSSR count). The first-order valence-electron chi connectivity index (χ1n) is 6.42. The molecule has 2 aromatic rings. The van der Waals surface area contributed by atoms with E-state index in [4.69, 9.17) is 11.6 Å². The molecule has 0 amide bonds.